The number of halogens is 2. The second kappa shape index (κ2) is 7.35. The van der Waals surface area contributed by atoms with Gasteiger partial charge in [-0.25, -0.2) is 0 Å². The van der Waals surface area contributed by atoms with Gasteiger partial charge in [0.1, 0.15) is 6.04 Å². The molecule has 7 heteroatoms. The zero-order valence-electron chi connectivity index (χ0n) is 15.1. The Labute approximate surface area is 177 Å². The van der Waals surface area contributed by atoms with Crippen molar-refractivity contribution in [2.45, 2.75) is 6.04 Å². The maximum atomic E-state index is 6.48. The normalized spacial score (nSPS) is 15.4. The minimum Gasteiger partial charge on any atom is -0.323 e. The standard InChI is InChI=1S/C22H15Cl2N5/c23-18-8-4-7-17(21(18)24)20-13-19(25-22-26-27-28-29(20)22)16-11-9-15(10-12-16)14-5-2-1-3-6-14/h1-13,20H,(H,25,26,28)/t20-/m1/s1. The molecular formula is C22H15Cl2N5. The molecule has 0 amide bonds. The highest BCUT2D eigenvalue weighted by Crippen LogP contribution is 2.37. The van der Waals surface area contributed by atoms with E-state index in [-0.39, 0.29) is 6.04 Å². The van der Waals surface area contributed by atoms with Gasteiger partial charge in [0.15, 0.2) is 0 Å². The third-order valence-electron chi connectivity index (χ3n) is 4.93. The van der Waals surface area contributed by atoms with Crippen molar-refractivity contribution in [1.29, 1.82) is 0 Å². The van der Waals surface area contributed by atoms with Crippen LogP contribution in [0, 0.1) is 0 Å². The lowest BCUT2D eigenvalue weighted by Gasteiger charge is -2.24. The molecule has 4 aromatic rings. The molecule has 1 aliphatic rings. The first-order chi connectivity index (χ1) is 14.2. The third kappa shape index (κ3) is 3.28. The van der Waals surface area contributed by atoms with E-state index >= 15 is 0 Å². The first-order valence-electron chi connectivity index (χ1n) is 9.07. The van der Waals surface area contributed by atoms with Gasteiger partial charge < -0.3 is 5.32 Å². The Kier molecular flexibility index (Phi) is 4.54. The molecule has 0 aliphatic carbocycles. The maximum Gasteiger partial charge on any atom is 0.248 e. The van der Waals surface area contributed by atoms with E-state index in [2.05, 4.69) is 63.3 Å². The summed E-state index contributed by atoms with van der Waals surface area (Å²) < 4.78 is 1.69. The molecule has 29 heavy (non-hydrogen) atoms. The van der Waals surface area contributed by atoms with Gasteiger partial charge in [-0.1, -0.05) is 95.0 Å². The molecular weight excluding hydrogens is 405 g/mol. The number of nitrogens with one attached hydrogen (secondary N) is 1. The van der Waals surface area contributed by atoms with E-state index in [0.717, 1.165) is 22.4 Å². The number of anilines is 1. The average Bonchev–Trinajstić information content (AvgIpc) is 3.25. The lowest BCUT2D eigenvalue weighted by molar-refractivity contribution is 0.586. The number of hydrogen-bond acceptors (Lipinski definition) is 4. The first kappa shape index (κ1) is 17.9. The Hall–Kier alpha value is -3.15. The van der Waals surface area contributed by atoms with Crippen LogP contribution < -0.4 is 5.32 Å². The monoisotopic (exact) mass is 419 g/mol. The van der Waals surface area contributed by atoms with Crippen LogP contribution in [0.25, 0.3) is 16.8 Å². The van der Waals surface area contributed by atoms with E-state index < -0.39 is 0 Å². The van der Waals surface area contributed by atoms with Gasteiger partial charge in [0.2, 0.25) is 5.95 Å². The predicted octanol–water partition coefficient (Wildman–Crippen LogP) is 5.70. The number of nitrogens with zero attached hydrogens (tertiary/aromatic N) is 4. The summed E-state index contributed by atoms with van der Waals surface area (Å²) >= 11 is 12.7. The van der Waals surface area contributed by atoms with Crippen molar-refractivity contribution < 1.29 is 0 Å². The van der Waals surface area contributed by atoms with E-state index in [9.17, 15) is 0 Å². The smallest absolute Gasteiger partial charge is 0.248 e. The summed E-state index contributed by atoms with van der Waals surface area (Å²) in [4.78, 5) is 0. The van der Waals surface area contributed by atoms with E-state index in [1.54, 1.807) is 10.7 Å². The fraction of sp³-hybridized carbons (Fsp3) is 0.0455. The quantitative estimate of drug-likeness (QED) is 0.462. The molecule has 0 bridgehead atoms. The summed E-state index contributed by atoms with van der Waals surface area (Å²) in [6.45, 7) is 0. The Bertz CT molecular complexity index is 1200. The van der Waals surface area contributed by atoms with Crippen LogP contribution in [0.2, 0.25) is 10.0 Å². The molecule has 142 valence electrons. The predicted molar refractivity (Wildman–Crippen MR) is 116 cm³/mol. The van der Waals surface area contributed by atoms with Crippen molar-refractivity contribution in [3.05, 3.63) is 100 Å². The highest BCUT2D eigenvalue weighted by Gasteiger charge is 2.26. The van der Waals surface area contributed by atoms with Crippen LogP contribution in [-0.4, -0.2) is 20.2 Å². The van der Waals surface area contributed by atoms with Crippen molar-refractivity contribution in [1.82, 2.24) is 20.2 Å². The summed E-state index contributed by atoms with van der Waals surface area (Å²) in [6.07, 6.45) is 2.05. The van der Waals surface area contributed by atoms with Crippen LogP contribution in [0.3, 0.4) is 0 Å². The van der Waals surface area contributed by atoms with Gasteiger partial charge in [-0.05, 0) is 39.3 Å². The molecule has 1 N–H and O–H groups in total. The van der Waals surface area contributed by atoms with Gasteiger partial charge in [0.05, 0.1) is 10.0 Å². The lowest BCUT2D eigenvalue weighted by Crippen LogP contribution is -2.20. The second-order valence-electron chi connectivity index (χ2n) is 6.68. The highest BCUT2D eigenvalue weighted by molar-refractivity contribution is 6.42. The summed E-state index contributed by atoms with van der Waals surface area (Å²) in [5.74, 6) is 0.552. The summed E-state index contributed by atoms with van der Waals surface area (Å²) in [5.41, 5.74) is 5.12. The maximum absolute atomic E-state index is 6.48. The number of benzene rings is 3. The molecule has 1 aliphatic heterocycles. The number of rotatable bonds is 3. The Balaban J connectivity index is 1.55. The zero-order chi connectivity index (χ0) is 19.8. The number of tetrazole rings is 1. The van der Waals surface area contributed by atoms with Crippen molar-refractivity contribution in [2.75, 3.05) is 5.32 Å². The van der Waals surface area contributed by atoms with Crippen LogP contribution in [0.1, 0.15) is 17.2 Å². The van der Waals surface area contributed by atoms with E-state index in [4.69, 9.17) is 23.2 Å². The van der Waals surface area contributed by atoms with Crippen LogP contribution >= 0.6 is 23.2 Å². The highest BCUT2D eigenvalue weighted by atomic mass is 35.5. The van der Waals surface area contributed by atoms with Gasteiger partial charge in [-0.15, -0.1) is 0 Å². The zero-order valence-corrected chi connectivity index (χ0v) is 16.6. The van der Waals surface area contributed by atoms with Crippen molar-refractivity contribution in [3.8, 4) is 11.1 Å². The molecule has 0 fully saturated rings. The minimum atomic E-state index is -0.267. The lowest BCUT2D eigenvalue weighted by atomic mass is 9.99. The fourth-order valence-corrected chi connectivity index (χ4v) is 3.89. The molecule has 1 atom stereocenters. The number of aromatic nitrogens is 4. The summed E-state index contributed by atoms with van der Waals surface area (Å²) in [7, 11) is 0. The van der Waals surface area contributed by atoms with E-state index in [1.807, 2.05) is 30.3 Å². The van der Waals surface area contributed by atoms with Gasteiger partial charge >= 0.3 is 0 Å². The van der Waals surface area contributed by atoms with Crippen molar-refractivity contribution in [2.24, 2.45) is 0 Å². The molecule has 1 aromatic heterocycles. The van der Waals surface area contributed by atoms with Gasteiger partial charge in [-0.2, -0.15) is 4.68 Å². The molecule has 5 rings (SSSR count). The summed E-state index contributed by atoms with van der Waals surface area (Å²) in [5, 5.41) is 16.3. The van der Waals surface area contributed by atoms with Crippen LogP contribution in [-0.2, 0) is 0 Å². The minimum absolute atomic E-state index is 0.267. The van der Waals surface area contributed by atoms with Crippen LogP contribution in [0.15, 0.2) is 78.9 Å². The van der Waals surface area contributed by atoms with Gasteiger partial charge in [0, 0.05) is 11.3 Å². The molecule has 0 saturated carbocycles. The molecule has 0 saturated heterocycles. The molecule has 0 radical (unpaired) electrons. The Morgan fingerprint density at radius 1 is 0.793 bits per heavy atom. The topological polar surface area (TPSA) is 55.6 Å². The molecule has 3 aromatic carbocycles. The third-order valence-corrected chi connectivity index (χ3v) is 5.76. The van der Waals surface area contributed by atoms with Crippen LogP contribution in [0.5, 0.6) is 0 Å². The van der Waals surface area contributed by atoms with E-state index in [0.29, 0.717) is 16.0 Å². The Morgan fingerprint density at radius 3 is 2.31 bits per heavy atom. The first-order valence-corrected chi connectivity index (χ1v) is 9.83. The average molecular weight is 420 g/mol. The number of hydrogen-bond donors (Lipinski definition) is 1. The molecule has 2 heterocycles. The van der Waals surface area contributed by atoms with Crippen LogP contribution in [0.4, 0.5) is 5.95 Å². The van der Waals surface area contributed by atoms with Gasteiger partial charge in [0.25, 0.3) is 0 Å². The molecule has 5 nitrogen and oxygen atoms in total. The Morgan fingerprint density at radius 2 is 1.52 bits per heavy atom. The summed E-state index contributed by atoms with van der Waals surface area (Å²) in [6, 6.07) is 23.9. The van der Waals surface area contributed by atoms with Crippen molar-refractivity contribution >= 4 is 34.8 Å². The van der Waals surface area contributed by atoms with Crippen molar-refractivity contribution in [3.63, 3.8) is 0 Å². The van der Waals surface area contributed by atoms with E-state index in [1.165, 1.54) is 5.56 Å². The molecule has 0 unspecified atom stereocenters. The number of allylic oxidation sites excluding steroid dienone is 1. The van der Waals surface area contributed by atoms with Gasteiger partial charge in [-0.3, -0.25) is 0 Å². The SMILES string of the molecule is Clc1cccc([C@H]2C=C(c3ccc(-c4ccccc4)cc3)Nc3nnnn32)c1Cl. The second-order valence-corrected chi connectivity index (χ2v) is 7.47. The largest absolute Gasteiger partial charge is 0.323 e. The fourth-order valence-electron chi connectivity index (χ4n) is 3.47. The molecule has 0 spiro atoms. The number of fused-ring (bicyclic) bond motifs is 1.